The molecule has 106 valence electrons. The van der Waals surface area contributed by atoms with Crippen molar-refractivity contribution in [2.24, 2.45) is 5.73 Å². The lowest BCUT2D eigenvalue weighted by atomic mass is 10.00. The maximum absolute atomic E-state index is 11.7. The van der Waals surface area contributed by atoms with Crippen molar-refractivity contribution < 1.29 is 4.79 Å². The van der Waals surface area contributed by atoms with E-state index in [2.05, 4.69) is 10.2 Å². The van der Waals surface area contributed by atoms with E-state index in [1.54, 1.807) is 0 Å². The zero-order valence-corrected chi connectivity index (χ0v) is 12.4. The molecule has 0 aliphatic rings. The Labute approximate surface area is 116 Å². The molecule has 0 saturated carbocycles. The molecule has 0 atom stereocenters. The highest BCUT2D eigenvalue weighted by Gasteiger charge is 2.13. The van der Waals surface area contributed by atoms with Crippen LogP contribution in [0.4, 0.5) is 5.69 Å². The fourth-order valence-electron chi connectivity index (χ4n) is 1.72. The van der Waals surface area contributed by atoms with Gasteiger partial charge in [-0.1, -0.05) is 12.1 Å². The van der Waals surface area contributed by atoms with Gasteiger partial charge in [-0.15, -0.1) is 0 Å². The molecule has 0 spiro atoms. The number of hydrogen-bond acceptors (Lipinski definition) is 3. The molecule has 0 aliphatic carbocycles. The van der Waals surface area contributed by atoms with Crippen LogP contribution >= 0.6 is 0 Å². The summed E-state index contributed by atoms with van der Waals surface area (Å²) < 4.78 is 0. The van der Waals surface area contributed by atoms with Crippen LogP contribution in [0.5, 0.6) is 0 Å². The molecular formula is C15H25N3O. The zero-order valence-electron chi connectivity index (χ0n) is 12.4. The number of amides is 1. The fraction of sp³-hybridized carbons (Fsp3) is 0.533. The van der Waals surface area contributed by atoms with Gasteiger partial charge in [0.1, 0.15) is 0 Å². The summed E-state index contributed by atoms with van der Waals surface area (Å²) in [5.41, 5.74) is 7.62. The Balaban J connectivity index is 2.47. The highest BCUT2D eigenvalue weighted by Crippen LogP contribution is 2.13. The number of benzene rings is 1. The summed E-state index contributed by atoms with van der Waals surface area (Å²) in [6, 6.07) is 7.93. The molecule has 1 aromatic carbocycles. The Kier molecular flexibility index (Phi) is 5.51. The van der Waals surface area contributed by atoms with E-state index < -0.39 is 0 Å². The summed E-state index contributed by atoms with van der Waals surface area (Å²) in [6.45, 7) is 4.75. The number of hydrogen-bond donors (Lipinski definition) is 2. The third-order valence-electron chi connectivity index (χ3n) is 2.73. The van der Waals surface area contributed by atoms with Gasteiger partial charge in [-0.25, -0.2) is 0 Å². The smallest absolute Gasteiger partial charge is 0.224 e. The largest absolute Gasteiger partial charge is 0.326 e. The van der Waals surface area contributed by atoms with Gasteiger partial charge in [0, 0.05) is 24.2 Å². The van der Waals surface area contributed by atoms with Gasteiger partial charge in [0.2, 0.25) is 5.91 Å². The Morgan fingerprint density at radius 3 is 2.32 bits per heavy atom. The maximum atomic E-state index is 11.7. The van der Waals surface area contributed by atoms with Gasteiger partial charge in [0.15, 0.2) is 0 Å². The number of carbonyl (C=O) groups excluding carboxylic acids is 1. The molecule has 1 amide bonds. The highest BCUT2D eigenvalue weighted by atomic mass is 16.1. The van der Waals surface area contributed by atoms with Gasteiger partial charge in [0.25, 0.3) is 0 Å². The molecule has 19 heavy (non-hydrogen) atoms. The lowest BCUT2D eigenvalue weighted by Crippen LogP contribution is -2.33. The summed E-state index contributed by atoms with van der Waals surface area (Å²) in [7, 11) is 4.06. The van der Waals surface area contributed by atoms with Gasteiger partial charge in [-0.05, 0) is 52.1 Å². The van der Waals surface area contributed by atoms with E-state index in [0.717, 1.165) is 12.2 Å². The molecule has 1 aromatic rings. The van der Waals surface area contributed by atoms with Gasteiger partial charge in [0.05, 0.1) is 0 Å². The summed E-state index contributed by atoms with van der Waals surface area (Å²) in [4.78, 5) is 13.9. The number of carbonyl (C=O) groups is 1. The van der Waals surface area contributed by atoms with Crippen molar-refractivity contribution in [1.29, 1.82) is 0 Å². The van der Waals surface area contributed by atoms with Crippen molar-refractivity contribution in [3.63, 3.8) is 0 Å². The first-order valence-corrected chi connectivity index (χ1v) is 6.59. The number of rotatable bonds is 6. The van der Waals surface area contributed by atoms with Crippen LogP contribution in [0.15, 0.2) is 24.3 Å². The average molecular weight is 263 g/mol. The van der Waals surface area contributed by atoms with Crippen LogP contribution < -0.4 is 11.1 Å². The van der Waals surface area contributed by atoms with E-state index in [9.17, 15) is 4.79 Å². The molecule has 3 N–H and O–H groups in total. The van der Waals surface area contributed by atoms with Crippen molar-refractivity contribution in [3.05, 3.63) is 29.8 Å². The Hall–Kier alpha value is -1.39. The van der Waals surface area contributed by atoms with Crippen LogP contribution in [0.25, 0.3) is 0 Å². The summed E-state index contributed by atoms with van der Waals surface area (Å²) in [5.74, 6) is 0.0129. The third kappa shape index (κ3) is 6.94. The Morgan fingerprint density at radius 1 is 1.26 bits per heavy atom. The van der Waals surface area contributed by atoms with Crippen molar-refractivity contribution in [3.8, 4) is 0 Å². The molecule has 0 aliphatic heterocycles. The second-order valence-electron chi connectivity index (χ2n) is 5.97. The molecule has 0 fully saturated rings. The van der Waals surface area contributed by atoms with E-state index in [0.29, 0.717) is 12.8 Å². The van der Waals surface area contributed by atoms with Crippen LogP contribution in [0.1, 0.15) is 32.3 Å². The van der Waals surface area contributed by atoms with E-state index in [-0.39, 0.29) is 11.4 Å². The minimum absolute atomic E-state index is 0.0129. The Morgan fingerprint density at radius 2 is 1.84 bits per heavy atom. The fourth-order valence-corrected chi connectivity index (χ4v) is 1.72. The van der Waals surface area contributed by atoms with Crippen LogP contribution in [-0.4, -0.2) is 30.4 Å². The lowest BCUT2D eigenvalue weighted by molar-refractivity contribution is -0.116. The second-order valence-corrected chi connectivity index (χ2v) is 5.97. The van der Waals surface area contributed by atoms with E-state index in [4.69, 9.17) is 5.73 Å². The van der Waals surface area contributed by atoms with Crippen LogP contribution in [0, 0.1) is 0 Å². The number of nitrogens with one attached hydrogen (secondary N) is 1. The van der Waals surface area contributed by atoms with E-state index >= 15 is 0 Å². The normalized spacial score (nSPS) is 11.7. The van der Waals surface area contributed by atoms with Gasteiger partial charge in [-0.2, -0.15) is 0 Å². The van der Waals surface area contributed by atoms with Crippen LogP contribution in [0.3, 0.4) is 0 Å². The van der Waals surface area contributed by atoms with E-state index in [1.165, 1.54) is 5.56 Å². The Bertz CT molecular complexity index is 404. The predicted octanol–water partition coefficient (Wildman–Crippen LogP) is 2.20. The zero-order chi connectivity index (χ0) is 14.5. The standard InChI is InChI=1S/C15H25N3O/c1-15(2,16)10-9-14(19)17-13-7-5-12(6-8-13)11-18(3)4/h5-8H,9-11,16H2,1-4H3,(H,17,19). The molecule has 4 heteroatoms. The number of nitrogens with two attached hydrogens (primary N) is 1. The molecule has 0 aromatic heterocycles. The number of anilines is 1. The van der Waals surface area contributed by atoms with Gasteiger partial charge in [-0.3, -0.25) is 4.79 Å². The molecule has 0 bridgehead atoms. The first-order chi connectivity index (χ1) is 8.76. The number of nitrogens with zero attached hydrogens (tertiary/aromatic N) is 1. The lowest BCUT2D eigenvalue weighted by Gasteiger charge is -2.17. The minimum Gasteiger partial charge on any atom is -0.326 e. The topological polar surface area (TPSA) is 58.4 Å². The summed E-state index contributed by atoms with van der Waals surface area (Å²) in [5, 5.41) is 2.89. The van der Waals surface area contributed by atoms with Crippen molar-refractivity contribution >= 4 is 11.6 Å². The first-order valence-electron chi connectivity index (χ1n) is 6.59. The highest BCUT2D eigenvalue weighted by molar-refractivity contribution is 5.90. The monoisotopic (exact) mass is 263 g/mol. The molecular weight excluding hydrogens is 238 g/mol. The average Bonchev–Trinajstić information content (AvgIpc) is 2.28. The maximum Gasteiger partial charge on any atom is 0.224 e. The predicted molar refractivity (Wildman–Crippen MR) is 80.0 cm³/mol. The molecule has 0 saturated heterocycles. The molecule has 1 rings (SSSR count). The van der Waals surface area contributed by atoms with E-state index in [1.807, 2.05) is 52.2 Å². The third-order valence-corrected chi connectivity index (χ3v) is 2.73. The summed E-state index contributed by atoms with van der Waals surface area (Å²) >= 11 is 0. The van der Waals surface area contributed by atoms with Gasteiger partial charge < -0.3 is 16.0 Å². The second kappa shape index (κ2) is 6.68. The first kappa shape index (κ1) is 15.7. The molecule has 4 nitrogen and oxygen atoms in total. The minimum atomic E-state index is -0.299. The van der Waals surface area contributed by atoms with Crippen LogP contribution in [-0.2, 0) is 11.3 Å². The quantitative estimate of drug-likeness (QED) is 0.827. The molecule has 0 radical (unpaired) electrons. The summed E-state index contributed by atoms with van der Waals surface area (Å²) in [6.07, 6.45) is 1.13. The molecule has 0 unspecified atom stereocenters. The SMILES string of the molecule is CN(C)Cc1ccc(NC(=O)CCC(C)(C)N)cc1. The van der Waals surface area contributed by atoms with Crippen LogP contribution in [0.2, 0.25) is 0 Å². The molecule has 0 heterocycles. The van der Waals surface area contributed by atoms with Crippen molar-refractivity contribution in [1.82, 2.24) is 4.90 Å². The van der Waals surface area contributed by atoms with Gasteiger partial charge >= 0.3 is 0 Å². The van der Waals surface area contributed by atoms with Crippen molar-refractivity contribution in [2.75, 3.05) is 19.4 Å². The van der Waals surface area contributed by atoms with Crippen molar-refractivity contribution in [2.45, 2.75) is 38.8 Å².